The number of nitrogens with one attached hydrogen (secondary N) is 1. The van der Waals surface area contributed by atoms with Crippen LogP contribution < -0.4 is 5.32 Å². The van der Waals surface area contributed by atoms with Crippen LogP contribution >= 0.6 is 0 Å². The topological polar surface area (TPSA) is 66.5 Å². The average Bonchev–Trinajstić information content (AvgIpc) is 2.39. The van der Waals surface area contributed by atoms with Crippen LogP contribution in [0.3, 0.4) is 0 Å². The normalized spacial score (nSPS) is 21.2. The molecular weight excluding hydrogens is 271 g/mol. The summed E-state index contributed by atoms with van der Waals surface area (Å²) < 4.78 is 38.9. The number of rotatable bonds is 3. The number of amides is 1. The molecule has 0 aromatic heterocycles. The molecule has 0 bridgehead atoms. The Morgan fingerprint density at radius 3 is 2.58 bits per heavy atom. The third-order valence-electron chi connectivity index (χ3n) is 3.09. The molecule has 1 amide bonds. The monoisotopic (exact) mass is 286 g/mol. The highest BCUT2D eigenvalue weighted by molar-refractivity contribution is 7.89. The van der Waals surface area contributed by atoms with Gasteiger partial charge < -0.3 is 5.32 Å². The molecule has 1 saturated heterocycles. The zero-order valence-electron chi connectivity index (χ0n) is 10.5. The number of piperazine rings is 1. The predicted molar refractivity (Wildman–Crippen MR) is 67.4 cm³/mol. The van der Waals surface area contributed by atoms with Crippen LogP contribution in [0.15, 0.2) is 29.2 Å². The average molecular weight is 286 g/mol. The summed E-state index contributed by atoms with van der Waals surface area (Å²) in [4.78, 5) is 11.7. The number of hydrogen-bond acceptors (Lipinski definition) is 3. The number of benzene rings is 1. The molecule has 1 atom stereocenters. The van der Waals surface area contributed by atoms with Gasteiger partial charge in [0.2, 0.25) is 15.9 Å². The number of carbonyl (C=O) groups excluding carboxylic acids is 1. The molecule has 1 unspecified atom stereocenters. The first kappa shape index (κ1) is 14.0. The fraction of sp³-hybridized carbons (Fsp3) is 0.417. The molecule has 0 spiro atoms. The van der Waals surface area contributed by atoms with Gasteiger partial charge in [-0.1, -0.05) is 6.92 Å². The van der Waals surface area contributed by atoms with Crippen molar-refractivity contribution < 1.29 is 17.6 Å². The minimum Gasteiger partial charge on any atom is -0.353 e. The number of carbonyl (C=O) groups is 1. The SMILES string of the molecule is CCC1C(=O)NCCN1S(=O)(=O)c1ccc(F)cc1. The molecule has 1 fully saturated rings. The van der Waals surface area contributed by atoms with E-state index in [1.165, 1.54) is 16.4 Å². The van der Waals surface area contributed by atoms with Crippen LogP contribution in [0.1, 0.15) is 13.3 Å². The van der Waals surface area contributed by atoms with Gasteiger partial charge >= 0.3 is 0 Å². The van der Waals surface area contributed by atoms with Crippen LogP contribution in [0, 0.1) is 5.82 Å². The lowest BCUT2D eigenvalue weighted by atomic mass is 10.2. The Morgan fingerprint density at radius 2 is 2.00 bits per heavy atom. The second-order valence-electron chi connectivity index (χ2n) is 4.28. The molecule has 1 heterocycles. The minimum atomic E-state index is -3.77. The molecule has 1 aromatic rings. The molecule has 0 saturated carbocycles. The Labute approximate surface area is 111 Å². The zero-order chi connectivity index (χ0) is 14.0. The largest absolute Gasteiger partial charge is 0.353 e. The third kappa shape index (κ3) is 2.62. The summed E-state index contributed by atoms with van der Waals surface area (Å²) >= 11 is 0. The predicted octanol–water partition coefficient (Wildman–Crippen LogP) is 0.725. The fourth-order valence-corrected chi connectivity index (χ4v) is 3.77. The highest BCUT2D eigenvalue weighted by atomic mass is 32.2. The zero-order valence-corrected chi connectivity index (χ0v) is 11.3. The van der Waals surface area contributed by atoms with Gasteiger partial charge in [0.05, 0.1) is 4.90 Å². The number of halogens is 1. The van der Waals surface area contributed by atoms with Crippen molar-refractivity contribution in [3.63, 3.8) is 0 Å². The van der Waals surface area contributed by atoms with Crippen LogP contribution in [-0.4, -0.2) is 37.8 Å². The molecule has 1 aliphatic rings. The Morgan fingerprint density at radius 1 is 1.37 bits per heavy atom. The first-order valence-electron chi connectivity index (χ1n) is 6.02. The number of sulfonamides is 1. The van der Waals surface area contributed by atoms with Gasteiger partial charge in [0.25, 0.3) is 0 Å². The summed E-state index contributed by atoms with van der Waals surface area (Å²) in [5.74, 6) is -0.790. The first-order valence-corrected chi connectivity index (χ1v) is 7.46. The van der Waals surface area contributed by atoms with Gasteiger partial charge in [-0.25, -0.2) is 12.8 Å². The lowest BCUT2D eigenvalue weighted by Gasteiger charge is -2.33. The Bertz CT molecular complexity index is 571. The van der Waals surface area contributed by atoms with Gasteiger partial charge in [-0.2, -0.15) is 4.31 Å². The molecule has 19 heavy (non-hydrogen) atoms. The summed E-state index contributed by atoms with van der Waals surface area (Å²) in [5.41, 5.74) is 0. The van der Waals surface area contributed by atoms with Crippen LogP contribution in [0.4, 0.5) is 4.39 Å². The summed E-state index contributed by atoms with van der Waals surface area (Å²) in [7, 11) is -3.77. The lowest BCUT2D eigenvalue weighted by Crippen LogP contribution is -2.56. The standard InChI is InChI=1S/C12H15FN2O3S/c1-2-11-12(16)14-7-8-15(11)19(17,18)10-5-3-9(13)4-6-10/h3-6,11H,2,7-8H2,1H3,(H,14,16). The molecule has 1 aliphatic heterocycles. The maximum Gasteiger partial charge on any atom is 0.243 e. The smallest absolute Gasteiger partial charge is 0.243 e. The van der Waals surface area contributed by atoms with Crippen molar-refractivity contribution in [2.75, 3.05) is 13.1 Å². The van der Waals surface area contributed by atoms with E-state index in [0.29, 0.717) is 6.42 Å². The Hall–Kier alpha value is -1.47. The highest BCUT2D eigenvalue weighted by Crippen LogP contribution is 2.21. The van der Waals surface area contributed by atoms with E-state index in [1.807, 2.05) is 0 Å². The Kier molecular flexibility index (Phi) is 3.86. The van der Waals surface area contributed by atoms with E-state index in [0.717, 1.165) is 12.1 Å². The summed E-state index contributed by atoms with van der Waals surface area (Å²) in [6.07, 6.45) is 0.395. The summed E-state index contributed by atoms with van der Waals surface area (Å²) in [6.45, 7) is 2.27. The van der Waals surface area contributed by atoms with Crippen LogP contribution in [-0.2, 0) is 14.8 Å². The maximum absolute atomic E-state index is 12.8. The van der Waals surface area contributed by atoms with E-state index in [2.05, 4.69) is 5.32 Å². The molecule has 0 radical (unpaired) electrons. The fourth-order valence-electron chi connectivity index (χ4n) is 2.11. The van der Waals surface area contributed by atoms with Gasteiger partial charge in [-0.05, 0) is 30.7 Å². The van der Waals surface area contributed by atoms with E-state index >= 15 is 0 Å². The molecular formula is C12H15FN2O3S. The van der Waals surface area contributed by atoms with Crippen LogP contribution in [0.2, 0.25) is 0 Å². The molecule has 1 N–H and O–H groups in total. The second kappa shape index (κ2) is 5.26. The van der Waals surface area contributed by atoms with E-state index in [-0.39, 0.29) is 23.9 Å². The minimum absolute atomic E-state index is 0.00190. The highest BCUT2D eigenvalue weighted by Gasteiger charge is 2.37. The van der Waals surface area contributed by atoms with E-state index < -0.39 is 21.9 Å². The Balaban J connectivity index is 2.37. The van der Waals surface area contributed by atoms with Gasteiger partial charge in [0, 0.05) is 13.1 Å². The second-order valence-corrected chi connectivity index (χ2v) is 6.18. The van der Waals surface area contributed by atoms with Crippen LogP contribution in [0.25, 0.3) is 0 Å². The maximum atomic E-state index is 12.8. The van der Waals surface area contributed by atoms with Crippen molar-refractivity contribution in [3.05, 3.63) is 30.1 Å². The number of hydrogen-bond donors (Lipinski definition) is 1. The summed E-state index contributed by atoms with van der Waals surface area (Å²) in [5, 5.41) is 2.64. The van der Waals surface area contributed by atoms with Crippen LogP contribution in [0.5, 0.6) is 0 Å². The van der Waals surface area contributed by atoms with E-state index in [1.54, 1.807) is 6.92 Å². The van der Waals surface area contributed by atoms with Crippen molar-refractivity contribution in [3.8, 4) is 0 Å². The van der Waals surface area contributed by atoms with Gasteiger partial charge in [-0.15, -0.1) is 0 Å². The van der Waals surface area contributed by atoms with Crippen molar-refractivity contribution >= 4 is 15.9 Å². The molecule has 0 aliphatic carbocycles. The third-order valence-corrected chi connectivity index (χ3v) is 5.01. The lowest BCUT2D eigenvalue weighted by molar-refractivity contribution is -0.126. The van der Waals surface area contributed by atoms with Crippen molar-refractivity contribution in [2.45, 2.75) is 24.3 Å². The number of nitrogens with zero attached hydrogens (tertiary/aromatic N) is 1. The molecule has 5 nitrogen and oxygen atoms in total. The molecule has 1 aromatic carbocycles. The van der Waals surface area contributed by atoms with Gasteiger partial charge in [0.15, 0.2) is 0 Å². The van der Waals surface area contributed by atoms with E-state index in [9.17, 15) is 17.6 Å². The molecule has 104 valence electrons. The van der Waals surface area contributed by atoms with Gasteiger partial charge in [0.1, 0.15) is 11.9 Å². The first-order chi connectivity index (χ1) is 8.96. The van der Waals surface area contributed by atoms with Gasteiger partial charge in [-0.3, -0.25) is 4.79 Å². The van der Waals surface area contributed by atoms with Crippen molar-refractivity contribution in [1.29, 1.82) is 0 Å². The molecule has 2 rings (SSSR count). The van der Waals surface area contributed by atoms with Crippen molar-refractivity contribution in [2.24, 2.45) is 0 Å². The van der Waals surface area contributed by atoms with Crippen molar-refractivity contribution in [1.82, 2.24) is 9.62 Å². The van der Waals surface area contributed by atoms with E-state index in [4.69, 9.17) is 0 Å². The summed E-state index contributed by atoms with van der Waals surface area (Å²) in [6, 6.07) is 3.91. The molecule has 7 heteroatoms. The quantitative estimate of drug-likeness (QED) is 0.890.